The third-order valence-corrected chi connectivity index (χ3v) is 4.72. The molecule has 0 aromatic rings. The minimum atomic E-state index is -1.02. The zero-order chi connectivity index (χ0) is 14.5. The summed E-state index contributed by atoms with van der Waals surface area (Å²) in [4.78, 5) is 23.0. The van der Waals surface area contributed by atoms with Gasteiger partial charge in [-0.05, 0) is 31.6 Å². The molecule has 0 aromatic carbocycles. The van der Waals surface area contributed by atoms with Crippen molar-refractivity contribution in [3.63, 3.8) is 0 Å². The highest BCUT2D eigenvalue weighted by Crippen LogP contribution is 2.37. The molecule has 3 unspecified atom stereocenters. The first-order valence-electron chi connectivity index (χ1n) is 7.68. The Morgan fingerprint density at radius 2 is 1.50 bits per heavy atom. The van der Waals surface area contributed by atoms with Crippen LogP contribution in [0.1, 0.15) is 51.4 Å². The fraction of sp³-hybridized carbons (Fsp3) is 0.867. The van der Waals surface area contributed by atoms with E-state index in [2.05, 4.69) is 0 Å². The average molecular weight is 284 g/mol. The Bertz CT molecular complexity index is 346. The SMILES string of the molecule is O=C(O)C1CCCOC(C2CCCCCC2)C1C(=O)O. The van der Waals surface area contributed by atoms with E-state index in [-0.39, 0.29) is 5.92 Å². The van der Waals surface area contributed by atoms with Crippen molar-refractivity contribution < 1.29 is 24.5 Å². The van der Waals surface area contributed by atoms with Gasteiger partial charge in [0.1, 0.15) is 0 Å². The van der Waals surface area contributed by atoms with Gasteiger partial charge < -0.3 is 14.9 Å². The molecular formula is C15H24O5. The topological polar surface area (TPSA) is 83.8 Å². The minimum Gasteiger partial charge on any atom is -0.481 e. The molecule has 114 valence electrons. The molecule has 1 saturated carbocycles. The van der Waals surface area contributed by atoms with Gasteiger partial charge in [-0.25, -0.2) is 0 Å². The maximum absolute atomic E-state index is 11.6. The highest BCUT2D eigenvalue weighted by atomic mass is 16.5. The summed E-state index contributed by atoms with van der Waals surface area (Å²) in [6, 6.07) is 0. The molecule has 2 rings (SSSR count). The molecule has 0 spiro atoms. The summed E-state index contributed by atoms with van der Waals surface area (Å²) in [6.45, 7) is 0.481. The summed E-state index contributed by atoms with van der Waals surface area (Å²) in [5, 5.41) is 18.8. The monoisotopic (exact) mass is 284 g/mol. The third kappa shape index (κ3) is 3.51. The van der Waals surface area contributed by atoms with Crippen LogP contribution in [0.3, 0.4) is 0 Å². The molecule has 5 nitrogen and oxygen atoms in total. The molecular weight excluding hydrogens is 260 g/mol. The lowest BCUT2D eigenvalue weighted by Crippen LogP contribution is -2.42. The molecule has 1 aliphatic heterocycles. The Kier molecular flexibility index (Phi) is 5.40. The van der Waals surface area contributed by atoms with Gasteiger partial charge in [-0.15, -0.1) is 0 Å². The number of rotatable bonds is 3. The zero-order valence-corrected chi connectivity index (χ0v) is 11.8. The van der Waals surface area contributed by atoms with E-state index in [0.29, 0.717) is 19.4 Å². The third-order valence-electron chi connectivity index (χ3n) is 4.72. The quantitative estimate of drug-likeness (QED) is 0.778. The Labute approximate surface area is 119 Å². The standard InChI is InChI=1S/C15H24O5/c16-14(17)11-8-5-9-20-13(12(11)15(18)19)10-6-3-1-2-4-7-10/h10-13H,1-9H2,(H,16,17)(H,18,19). The van der Waals surface area contributed by atoms with Gasteiger partial charge >= 0.3 is 11.9 Å². The Morgan fingerprint density at radius 1 is 0.850 bits per heavy atom. The van der Waals surface area contributed by atoms with E-state index in [9.17, 15) is 19.8 Å². The molecule has 0 aromatic heterocycles. The van der Waals surface area contributed by atoms with Gasteiger partial charge in [0.15, 0.2) is 0 Å². The molecule has 0 amide bonds. The van der Waals surface area contributed by atoms with E-state index in [4.69, 9.17) is 4.74 Å². The second-order valence-electron chi connectivity index (χ2n) is 6.04. The van der Waals surface area contributed by atoms with Crippen LogP contribution < -0.4 is 0 Å². The number of ether oxygens (including phenoxy) is 1. The number of hydrogen-bond donors (Lipinski definition) is 2. The number of hydrogen-bond acceptors (Lipinski definition) is 3. The van der Waals surface area contributed by atoms with Gasteiger partial charge in [-0.3, -0.25) is 9.59 Å². The number of aliphatic carboxylic acids is 2. The second-order valence-corrected chi connectivity index (χ2v) is 6.04. The first-order valence-corrected chi connectivity index (χ1v) is 7.68. The maximum atomic E-state index is 11.6. The molecule has 2 aliphatic rings. The van der Waals surface area contributed by atoms with Crippen molar-refractivity contribution in [1.29, 1.82) is 0 Å². The van der Waals surface area contributed by atoms with Crippen LogP contribution in [0.25, 0.3) is 0 Å². The van der Waals surface area contributed by atoms with E-state index in [1.807, 2.05) is 0 Å². The summed E-state index contributed by atoms with van der Waals surface area (Å²) in [5.74, 6) is -3.55. The summed E-state index contributed by atoms with van der Waals surface area (Å²) >= 11 is 0. The molecule has 1 heterocycles. The lowest BCUT2D eigenvalue weighted by Gasteiger charge is -2.31. The van der Waals surface area contributed by atoms with Crippen molar-refractivity contribution in [2.45, 2.75) is 57.5 Å². The first kappa shape index (κ1) is 15.3. The van der Waals surface area contributed by atoms with Crippen molar-refractivity contribution in [1.82, 2.24) is 0 Å². The second kappa shape index (κ2) is 7.07. The molecule has 2 N–H and O–H groups in total. The average Bonchev–Trinajstić information content (AvgIpc) is 2.78. The highest BCUT2D eigenvalue weighted by molar-refractivity contribution is 5.80. The number of carboxylic acid groups (broad SMARTS) is 2. The van der Waals surface area contributed by atoms with Crippen LogP contribution in [-0.2, 0) is 14.3 Å². The van der Waals surface area contributed by atoms with Crippen molar-refractivity contribution in [3.8, 4) is 0 Å². The van der Waals surface area contributed by atoms with Crippen LogP contribution in [-0.4, -0.2) is 34.9 Å². The summed E-state index contributed by atoms with van der Waals surface area (Å²) < 4.78 is 5.81. The van der Waals surface area contributed by atoms with E-state index >= 15 is 0 Å². The van der Waals surface area contributed by atoms with Crippen molar-refractivity contribution in [2.24, 2.45) is 17.8 Å². The Morgan fingerprint density at radius 3 is 2.05 bits per heavy atom. The zero-order valence-electron chi connectivity index (χ0n) is 11.8. The van der Waals surface area contributed by atoms with Crippen LogP contribution in [0.4, 0.5) is 0 Å². The van der Waals surface area contributed by atoms with Crippen LogP contribution in [0, 0.1) is 17.8 Å². The van der Waals surface area contributed by atoms with Crippen LogP contribution >= 0.6 is 0 Å². The van der Waals surface area contributed by atoms with Crippen LogP contribution in [0.15, 0.2) is 0 Å². The van der Waals surface area contributed by atoms with E-state index < -0.39 is 29.9 Å². The minimum absolute atomic E-state index is 0.193. The number of carboxylic acids is 2. The smallest absolute Gasteiger partial charge is 0.310 e. The lowest BCUT2D eigenvalue weighted by molar-refractivity contribution is -0.161. The molecule has 1 saturated heterocycles. The van der Waals surface area contributed by atoms with Crippen LogP contribution in [0.2, 0.25) is 0 Å². The van der Waals surface area contributed by atoms with Gasteiger partial charge in [-0.1, -0.05) is 25.7 Å². The molecule has 2 fully saturated rings. The summed E-state index contributed by atoms with van der Waals surface area (Å²) in [6.07, 6.45) is 7.06. The fourth-order valence-electron chi connectivity index (χ4n) is 3.69. The van der Waals surface area contributed by atoms with Gasteiger partial charge in [0, 0.05) is 6.61 Å². The van der Waals surface area contributed by atoms with Gasteiger partial charge in [0.2, 0.25) is 0 Å². The normalized spacial score (nSPS) is 33.1. The predicted molar refractivity (Wildman–Crippen MR) is 72.4 cm³/mol. The molecule has 5 heteroatoms. The van der Waals surface area contributed by atoms with Crippen molar-refractivity contribution in [2.75, 3.05) is 6.61 Å². The van der Waals surface area contributed by atoms with Gasteiger partial charge in [0.25, 0.3) is 0 Å². The molecule has 20 heavy (non-hydrogen) atoms. The number of carbonyl (C=O) groups is 2. The maximum Gasteiger partial charge on any atom is 0.310 e. The van der Waals surface area contributed by atoms with Gasteiger partial charge in [-0.2, -0.15) is 0 Å². The highest BCUT2D eigenvalue weighted by Gasteiger charge is 2.44. The molecule has 3 atom stereocenters. The molecule has 0 bridgehead atoms. The molecule has 1 aliphatic carbocycles. The first-order chi connectivity index (χ1) is 9.61. The van der Waals surface area contributed by atoms with Gasteiger partial charge in [0.05, 0.1) is 17.9 Å². The fourth-order valence-corrected chi connectivity index (χ4v) is 3.69. The van der Waals surface area contributed by atoms with Crippen molar-refractivity contribution >= 4 is 11.9 Å². The molecule has 0 radical (unpaired) electrons. The Hall–Kier alpha value is -1.10. The largest absolute Gasteiger partial charge is 0.481 e. The summed E-state index contributed by atoms with van der Waals surface area (Å²) in [7, 11) is 0. The predicted octanol–water partition coefficient (Wildman–Crippen LogP) is 2.54. The summed E-state index contributed by atoms with van der Waals surface area (Å²) in [5.41, 5.74) is 0. The van der Waals surface area contributed by atoms with E-state index in [1.165, 1.54) is 12.8 Å². The van der Waals surface area contributed by atoms with Crippen molar-refractivity contribution in [3.05, 3.63) is 0 Å². The Balaban J connectivity index is 2.21. The van der Waals surface area contributed by atoms with Crippen LogP contribution in [0.5, 0.6) is 0 Å². The van der Waals surface area contributed by atoms with E-state index in [0.717, 1.165) is 25.7 Å². The lowest BCUT2D eigenvalue weighted by atomic mass is 9.78. The van der Waals surface area contributed by atoms with E-state index in [1.54, 1.807) is 0 Å².